The van der Waals surface area contributed by atoms with Crippen LogP contribution in [0, 0.1) is 5.92 Å². The smallest absolute Gasteiger partial charge is 0.231 e. The summed E-state index contributed by atoms with van der Waals surface area (Å²) in [6.45, 7) is 2.62. The summed E-state index contributed by atoms with van der Waals surface area (Å²) in [6, 6.07) is 0. The molecule has 1 aliphatic heterocycles. The Balaban J connectivity index is 2.12. The lowest BCUT2D eigenvalue weighted by molar-refractivity contribution is 0.143. The second kappa shape index (κ2) is 6.15. The van der Waals surface area contributed by atoms with Gasteiger partial charge in [-0.25, -0.2) is 0 Å². The molecule has 2 rings (SSSR count). The number of aromatic nitrogens is 3. The van der Waals surface area contributed by atoms with Crippen molar-refractivity contribution in [3.8, 4) is 0 Å². The van der Waals surface area contributed by atoms with Gasteiger partial charge in [-0.15, -0.1) is 0 Å². The Hall–Kier alpha value is -1.14. The minimum absolute atomic E-state index is 0.221. The van der Waals surface area contributed by atoms with E-state index >= 15 is 0 Å². The predicted molar refractivity (Wildman–Crippen MR) is 71.2 cm³/mol. The molecule has 0 aliphatic carbocycles. The van der Waals surface area contributed by atoms with Crippen molar-refractivity contribution < 1.29 is 4.74 Å². The van der Waals surface area contributed by atoms with Crippen molar-refractivity contribution in [3.05, 3.63) is 5.28 Å². The van der Waals surface area contributed by atoms with Crippen molar-refractivity contribution >= 4 is 23.5 Å². The third-order valence-corrected chi connectivity index (χ3v) is 3.19. The maximum absolute atomic E-state index is 5.89. The third-order valence-electron chi connectivity index (χ3n) is 3.02. The number of ether oxygens (including phenoxy) is 1. The van der Waals surface area contributed by atoms with Gasteiger partial charge in [0.1, 0.15) is 0 Å². The molecule has 100 valence electrons. The number of anilines is 2. The zero-order chi connectivity index (χ0) is 13.0. The Bertz CT molecular complexity index is 401. The fraction of sp³-hybridized carbons (Fsp3) is 0.727. The first kappa shape index (κ1) is 13.3. The van der Waals surface area contributed by atoms with E-state index in [9.17, 15) is 0 Å². The molecule has 0 aromatic carbocycles. The lowest BCUT2D eigenvalue weighted by Crippen LogP contribution is -2.38. The second-order valence-electron chi connectivity index (χ2n) is 4.39. The average Bonchev–Trinajstić information content (AvgIpc) is 2.39. The van der Waals surface area contributed by atoms with E-state index in [1.165, 1.54) is 6.42 Å². The molecule has 0 spiro atoms. The summed E-state index contributed by atoms with van der Waals surface area (Å²) in [4.78, 5) is 14.6. The maximum atomic E-state index is 5.89. The van der Waals surface area contributed by atoms with Crippen LogP contribution in [0.1, 0.15) is 12.8 Å². The summed E-state index contributed by atoms with van der Waals surface area (Å²) in [5.74, 6) is 1.66. The Kier molecular flexibility index (Phi) is 4.54. The standard InChI is InChI=1S/C11H18ClN5O/c1-13-10-14-9(12)15-11(16-10)17-5-3-4-8(6-17)7-18-2/h8H,3-7H2,1-2H3,(H,13,14,15,16). The van der Waals surface area contributed by atoms with E-state index < -0.39 is 0 Å². The summed E-state index contributed by atoms with van der Waals surface area (Å²) in [5.41, 5.74) is 0. The van der Waals surface area contributed by atoms with Crippen molar-refractivity contribution in [2.24, 2.45) is 5.92 Å². The van der Waals surface area contributed by atoms with E-state index in [2.05, 4.69) is 25.2 Å². The highest BCUT2D eigenvalue weighted by Crippen LogP contribution is 2.22. The van der Waals surface area contributed by atoms with Crippen LogP contribution < -0.4 is 10.2 Å². The number of rotatable bonds is 4. The van der Waals surface area contributed by atoms with Crippen molar-refractivity contribution in [2.45, 2.75) is 12.8 Å². The number of hydrogen-bond donors (Lipinski definition) is 1. The molecular weight excluding hydrogens is 254 g/mol. The number of nitrogens with one attached hydrogen (secondary N) is 1. The van der Waals surface area contributed by atoms with Crippen LogP contribution in [-0.2, 0) is 4.74 Å². The van der Waals surface area contributed by atoms with Crippen LogP contribution in [-0.4, -0.2) is 48.8 Å². The summed E-state index contributed by atoms with van der Waals surface area (Å²) in [6.07, 6.45) is 2.30. The molecule has 1 fully saturated rings. The van der Waals surface area contributed by atoms with Crippen molar-refractivity contribution in [3.63, 3.8) is 0 Å². The van der Waals surface area contributed by atoms with Gasteiger partial charge in [0.25, 0.3) is 0 Å². The van der Waals surface area contributed by atoms with Gasteiger partial charge in [-0.05, 0) is 30.4 Å². The maximum Gasteiger partial charge on any atom is 0.231 e. The van der Waals surface area contributed by atoms with Crippen molar-refractivity contribution in [1.29, 1.82) is 0 Å². The van der Waals surface area contributed by atoms with Gasteiger partial charge in [0, 0.05) is 27.2 Å². The molecule has 1 aliphatic rings. The number of hydrogen-bond acceptors (Lipinski definition) is 6. The largest absolute Gasteiger partial charge is 0.384 e. The lowest BCUT2D eigenvalue weighted by Gasteiger charge is -2.32. The van der Waals surface area contributed by atoms with E-state index in [1.807, 2.05) is 0 Å². The summed E-state index contributed by atoms with van der Waals surface area (Å²) in [7, 11) is 3.50. The van der Waals surface area contributed by atoms with Crippen LogP contribution in [0.4, 0.5) is 11.9 Å². The highest BCUT2D eigenvalue weighted by molar-refractivity contribution is 6.28. The van der Waals surface area contributed by atoms with E-state index in [1.54, 1.807) is 14.2 Å². The van der Waals surface area contributed by atoms with Crippen LogP contribution in [0.3, 0.4) is 0 Å². The minimum Gasteiger partial charge on any atom is -0.384 e. The number of piperidine rings is 1. The Labute approximate surface area is 112 Å². The molecule has 1 aromatic rings. The van der Waals surface area contributed by atoms with Crippen LogP contribution in [0.15, 0.2) is 0 Å². The Morgan fingerprint density at radius 2 is 2.28 bits per heavy atom. The summed E-state index contributed by atoms with van der Waals surface area (Å²) >= 11 is 5.89. The Morgan fingerprint density at radius 3 is 3.00 bits per heavy atom. The molecule has 1 saturated heterocycles. The van der Waals surface area contributed by atoms with Gasteiger partial charge in [-0.2, -0.15) is 15.0 Å². The predicted octanol–water partition coefficient (Wildman–Crippen LogP) is 1.43. The molecule has 0 amide bonds. The van der Waals surface area contributed by atoms with Gasteiger partial charge < -0.3 is 15.0 Å². The zero-order valence-corrected chi connectivity index (χ0v) is 11.4. The SMILES string of the molecule is CNc1nc(Cl)nc(N2CCCC(COC)C2)n1. The van der Waals surface area contributed by atoms with Crippen LogP contribution in [0.5, 0.6) is 0 Å². The van der Waals surface area contributed by atoms with Crippen molar-refractivity contribution in [2.75, 3.05) is 44.1 Å². The molecule has 18 heavy (non-hydrogen) atoms. The van der Waals surface area contributed by atoms with Crippen LogP contribution in [0.25, 0.3) is 0 Å². The summed E-state index contributed by atoms with van der Waals surface area (Å²) < 4.78 is 5.22. The lowest BCUT2D eigenvalue weighted by atomic mass is 9.99. The fourth-order valence-electron chi connectivity index (χ4n) is 2.21. The first-order valence-electron chi connectivity index (χ1n) is 6.06. The van der Waals surface area contributed by atoms with Crippen molar-refractivity contribution in [1.82, 2.24) is 15.0 Å². The van der Waals surface area contributed by atoms with Crippen LogP contribution in [0.2, 0.25) is 5.28 Å². The van der Waals surface area contributed by atoms with E-state index in [-0.39, 0.29) is 5.28 Å². The molecule has 7 heteroatoms. The molecule has 1 atom stereocenters. The topological polar surface area (TPSA) is 63.2 Å². The van der Waals surface area contributed by atoms with E-state index in [0.29, 0.717) is 17.8 Å². The monoisotopic (exact) mass is 271 g/mol. The average molecular weight is 272 g/mol. The normalized spacial score (nSPS) is 19.9. The molecule has 0 bridgehead atoms. The first-order valence-corrected chi connectivity index (χ1v) is 6.44. The molecular formula is C11H18ClN5O. The fourth-order valence-corrected chi connectivity index (χ4v) is 2.37. The van der Waals surface area contributed by atoms with E-state index in [0.717, 1.165) is 26.1 Å². The quantitative estimate of drug-likeness (QED) is 0.894. The van der Waals surface area contributed by atoms with Gasteiger partial charge >= 0.3 is 0 Å². The first-order chi connectivity index (χ1) is 8.72. The zero-order valence-electron chi connectivity index (χ0n) is 10.7. The third kappa shape index (κ3) is 3.20. The summed E-state index contributed by atoms with van der Waals surface area (Å²) in [5, 5.41) is 3.11. The van der Waals surface area contributed by atoms with Gasteiger partial charge in [0.15, 0.2) is 0 Å². The Morgan fingerprint density at radius 1 is 1.44 bits per heavy atom. The van der Waals surface area contributed by atoms with Crippen LogP contribution >= 0.6 is 11.6 Å². The molecule has 1 aromatic heterocycles. The highest BCUT2D eigenvalue weighted by atomic mass is 35.5. The van der Waals surface area contributed by atoms with Gasteiger partial charge in [-0.1, -0.05) is 0 Å². The van der Waals surface area contributed by atoms with E-state index in [4.69, 9.17) is 16.3 Å². The van der Waals surface area contributed by atoms with Gasteiger partial charge in [-0.3, -0.25) is 0 Å². The molecule has 0 saturated carbocycles. The molecule has 6 nitrogen and oxygen atoms in total. The van der Waals surface area contributed by atoms with Gasteiger partial charge in [0.2, 0.25) is 17.2 Å². The second-order valence-corrected chi connectivity index (χ2v) is 4.73. The number of halogens is 1. The van der Waals surface area contributed by atoms with Gasteiger partial charge in [0.05, 0.1) is 6.61 Å². The number of methoxy groups -OCH3 is 1. The minimum atomic E-state index is 0.221. The molecule has 0 radical (unpaired) electrons. The highest BCUT2D eigenvalue weighted by Gasteiger charge is 2.22. The molecule has 2 heterocycles. The molecule has 1 N–H and O–H groups in total. The molecule has 1 unspecified atom stereocenters. The number of nitrogens with zero attached hydrogens (tertiary/aromatic N) is 4.